The number of rotatable bonds is 4. The van der Waals surface area contributed by atoms with Gasteiger partial charge in [-0.3, -0.25) is 19.3 Å². The molecule has 0 unspecified atom stereocenters. The van der Waals surface area contributed by atoms with E-state index in [0.717, 1.165) is 11.8 Å². The number of nitrogens with zero attached hydrogens (tertiary/aromatic N) is 1. The first-order valence-corrected chi connectivity index (χ1v) is 12.3. The first-order valence-electron chi connectivity index (χ1n) is 12.3. The highest BCUT2D eigenvalue weighted by Gasteiger charge is 2.67. The standard InChI is InChI=1S/C30H23NO5/c1-15(32)19-11-8-16-4-2-3-5-20(16)27(19)36-30(35)17-6-9-18(10-7-17)31-28(33)25-21-12-13-22(24-14-23(21)24)26(25)29(31)34/h2-13,21-26H,14H2,1H3/t21-,22-,23-,24+,25-,26+/m0/s1. The number of carbonyl (C=O) groups excluding carboxylic acids is 4. The average Bonchev–Trinajstić information content (AvgIpc) is 3.67. The lowest BCUT2D eigenvalue weighted by Crippen LogP contribution is -2.40. The molecule has 6 heteroatoms. The number of amides is 2. The Hall–Kier alpha value is -4.06. The summed E-state index contributed by atoms with van der Waals surface area (Å²) in [7, 11) is 0. The van der Waals surface area contributed by atoms with Crippen LogP contribution in [0.25, 0.3) is 10.8 Å². The molecule has 0 aromatic heterocycles. The first kappa shape index (κ1) is 21.2. The minimum atomic E-state index is -0.615. The van der Waals surface area contributed by atoms with Crippen molar-refractivity contribution in [3.63, 3.8) is 0 Å². The number of benzene rings is 3. The summed E-state index contributed by atoms with van der Waals surface area (Å²) in [5, 5.41) is 1.53. The molecule has 2 bridgehead atoms. The summed E-state index contributed by atoms with van der Waals surface area (Å²) in [6, 6.07) is 17.2. The van der Waals surface area contributed by atoms with Crippen molar-refractivity contribution in [1.29, 1.82) is 0 Å². The second kappa shape index (κ2) is 7.47. The van der Waals surface area contributed by atoms with Gasteiger partial charge in [0.25, 0.3) is 0 Å². The summed E-state index contributed by atoms with van der Waals surface area (Å²) in [5.74, 6) is 0.0308. The highest BCUT2D eigenvalue weighted by Crippen LogP contribution is 2.65. The zero-order valence-electron chi connectivity index (χ0n) is 19.6. The van der Waals surface area contributed by atoms with Gasteiger partial charge in [0.2, 0.25) is 11.8 Å². The maximum Gasteiger partial charge on any atom is 0.343 e. The Bertz CT molecular complexity index is 1480. The highest BCUT2D eigenvalue weighted by atomic mass is 16.5. The van der Waals surface area contributed by atoms with Crippen molar-refractivity contribution in [2.75, 3.05) is 4.90 Å². The van der Waals surface area contributed by atoms with E-state index in [1.807, 2.05) is 30.3 Å². The quantitative estimate of drug-likeness (QED) is 0.177. The zero-order valence-corrected chi connectivity index (χ0v) is 19.6. The van der Waals surface area contributed by atoms with Crippen LogP contribution in [0.2, 0.25) is 0 Å². The molecule has 0 N–H and O–H groups in total. The number of hydrogen-bond acceptors (Lipinski definition) is 5. The van der Waals surface area contributed by atoms with Crippen LogP contribution in [0.3, 0.4) is 0 Å². The maximum atomic E-state index is 13.3. The van der Waals surface area contributed by atoms with Crippen molar-refractivity contribution < 1.29 is 23.9 Å². The van der Waals surface area contributed by atoms with Crippen LogP contribution < -0.4 is 9.64 Å². The number of fused-ring (bicyclic) bond motifs is 1. The lowest BCUT2D eigenvalue weighted by molar-refractivity contribution is -0.124. The van der Waals surface area contributed by atoms with E-state index in [1.165, 1.54) is 11.8 Å². The summed E-state index contributed by atoms with van der Waals surface area (Å²) >= 11 is 0. The molecule has 6 atom stereocenters. The number of allylic oxidation sites excluding steroid dienone is 2. The van der Waals surface area contributed by atoms with Crippen molar-refractivity contribution in [3.8, 4) is 5.75 Å². The molecule has 3 fully saturated rings. The van der Waals surface area contributed by atoms with Crippen LogP contribution in [-0.2, 0) is 9.59 Å². The van der Waals surface area contributed by atoms with Gasteiger partial charge >= 0.3 is 5.97 Å². The zero-order chi connectivity index (χ0) is 24.7. The lowest BCUT2D eigenvalue weighted by Gasteiger charge is -2.37. The molecule has 6 nitrogen and oxygen atoms in total. The van der Waals surface area contributed by atoms with Gasteiger partial charge in [0.1, 0.15) is 5.75 Å². The Morgan fingerprint density at radius 3 is 2.11 bits per heavy atom. The molecule has 2 saturated carbocycles. The van der Waals surface area contributed by atoms with Crippen molar-refractivity contribution in [1.82, 2.24) is 0 Å². The fourth-order valence-corrected chi connectivity index (χ4v) is 6.74. The highest BCUT2D eigenvalue weighted by molar-refractivity contribution is 6.22. The van der Waals surface area contributed by atoms with E-state index in [2.05, 4.69) is 12.2 Å². The van der Waals surface area contributed by atoms with E-state index >= 15 is 0 Å². The fraction of sp³-hybridized carbons (Fsp3) is 0.267. The minimum Gasteiger partial charge on any atom is -0.421 e. The van der Waals surface area contributed by atoms with E-state index in [-0.39, 0.29) is 52.6 Å². The average molecular weight is 478 g/mol. The third kappa shape index (κ3) is 2.90. The van der Waals surface area contributed by atoms with Crippen LogP contribution >= 0.6 is 0 Å². The molecule has 1 heterocycles. The van der Waals surface area contributed by atoms with Crippen LogP contribution in [0.4, 0.5) is 5.69 Å². The fourth-order valence-electron chi connectivity index (χ4n) is 6.74. The van der Waals surface area contributed by atoms with Gasteiger partial charge in [-0.25, -0.2) is 4.79 Å². The molecule has 1 aliphatic heterocycles. The SMILES string of the molecule is CC(=O)c1ccc2ccccc2c1OC(=O)c1ccc(N2C(=O)[C@@H]3[C@H]4C=C[C@@H]([C@@H]5C[C@H]45)[C@@H]3C2=O)cc1. The Kier molecular flexibility index (Phi) is 4.41. The maximum absolute atomic E-state index is 13.3. The molecule has 3 aromatic rings. The van der Waals surface area contributed by atoms with Crippen molar-refractivity contribution in [2.24, 2.45) is 35.5 Å². The van der Waals surface area contributed by atoms with Crippen LogP contribution in [0.5, 0.6) is 5.75 Å². The molecule has 2 amide bonds. The van der Waals surface area contributed by atoms with Gasteiger partial charge in [0.15, 0.2) is 5.78 Å². The number of esters is 1. The van der Waals surface area contributed by atoms with Gasteiger partial charge in [-0.2, -0.15) is 0 Å². The van der Waals surface area contributed by atoms with Gasteiger partial charge < -0.3 is 4.74 Å². The Balaban J connectivity index is 1.16. The minimum absolute atomic E-state index is 0.133. The number of anilines is 1. The normalized spacial score (nSPS) is 29.3. The third-order valence-corrected chi connectivity index (χ3v) is 8.48. The van der Waals surface area contributed by atoms with E-state index in [4.69, 9.17) is 4.74 Å². The second-order valence-corrected chi connectivity index (χ2v) is 10.3. The summed E-state index contributed by atoms with van der Waals surface area (Å²) in [5.41, 5.74) is 1.06. The van der Waals surface area contributed by atoms with Gasteiger partial charge in [-0.05, 0) is 72.7 Å². The van der Waals surface area contributed by atoms with E-state index < -0.39 is 5.97 Å². The summed E-state index contributed by atoms with van der Waals surface area (Å²) < 4.78 is 5.73. The smallest absolute Gasteiger partial charge is 0.343 e. The molecule has 36 heavy (non-hydrogen) atoms. The first-order chi connectivity index (χ1) is 17.4. The van der Waals surface area contributed by atoms with Gasteiger partial charge in [0, 0.05) is 5.39 Å². The second-order valence-electron chi connectivity index (χ2n) is 10.3. The lowest BCUT2D eigenvalue weighted by atomic mass is 9.63. The molecule has 3 aromatic carbocycles. The van der Waals surface area contributed by atoms with Crippen molar-refractivity contribution in [3.05, 3.63) is 83.9 Å². The van der Waals surface area contributed by atoms with Crippen molar-refractivity contribution in [2.45, 2.75) is 13.3 Å². The molecule has 0 spiro atoms. The topological polar surface area (TPSA) is 80.8 Å². The van der Waals surface area contributed by atoms with Gasteiger partial charge in [-0.15, -0.1) is 0 Å². The Morgan fingerprint density at radius 1 is 0.833 bits per heavy atom. The van der Waals surface area contributed by atoms with E-state index in [0.29, 0.717) is 28.5 Å². The van der Waals surface area contributed by atoms with Crippen LogP contribution in [-0.4, -0.2) is 23.6 Å². The summed E-state index contributed by atoms with van der Waals surface area (Å²) in [6.07, 6.45) is 5.42. The van der Waals surface area contributed by atoms with E-state index in [9.17, 15) is 19.2 Å². The van der Waals surface area contributed by atoms with Gasteiger partial charge in [-0.1, -0.05) is 42.5 Å². The molecule has 4 aliphatic carbocycles. The Morgan fingerprint density at radius 2 is 1.47 bits per heavy atom. The van der Waals surface area contributed by atoms with Crippen molar-refractivity contribution >= 4 is 40.0 Å². The van der Waals surface area contributed by atoms with Crippen LogP contribution in [0.15, 0.2) is 72.8 Å². The molecule has 5 aliphatic rings. The molecule has 0 radical (unpaired) electrons. The predicted molar refractivity (Wildman–Crippen MR) is 133 cm³/mol. The molecular weight excluding hydrogens is 454 g/mol. The number of ketones is 1. The Labute approximate surface area is 207 Å². The summed E-state index contributed by atoms with van der Waals surface area (Å²) in [4.78, 5) is 53.2. The van der Waals surface area contributed by atoms with Gasteiger partial charge in [0.05, 0.1) is 28.7 Å². The van der Waals surface area contributed by atoms with Crippen LogP contribution in [0.1, 0.15) is 34.1 Å². The number of hydrogen-bond donors (Lipinski definition) is 0. The number of ether oxygens (including phenoxy) is 1. The number of Topliss-reactive ketones (excluding diaryl/α,β-unsaturated/α-hetero) is 1. The monoisotopic (exact) mass is 477 g/mol. The molecular formula is C30H23NO5. The molecule has 1 saturated heterocycles. The molecule has 178 valence electrons. The van der Waals surface area contributed by atoms with E-state index in [1.54, 1.807) is 30.3 Å². The number of imide groups is 1. The molecule has 8 rings (SSSR count). The largest absolute Gasteiger partial charge is 0.421 e. The number of carbonyl (C=O) groups is 4. The predicted octanol–water partition coefficient (Wildman–Crippen LogP) is 4.82. The third-order valence-electron chi connectivity index (χ3n) is 8.48. The van der Waals surface area contributed by atoms with Crippen LogP contribution in [0, 0.1) is 35.5 Å². The summed E-state index contributed by atoms with van der Waals surface area (Å²) in [6.45, 7) is 1.43.